The molecule has 2 saturated heterocycles. The van der Waals surface area contributed by atoms with Gasteiger partial charge in [-0.3, -0.25) is 4.79 Å². The summed E-state index contributed by atoms with van der Waals surface area (Å²) in [7, 11) is -3.08. The molecule has 1 aromatic heterocycles. The Morgan fingerprint density at radius 2 is 1.21 bits per heavy atom. The van der Waals surface area contributed by atoms with Gasteiger partial charge in [-0.15, -0.1) is 58.8 Å². The molecule has 2 fully saturated rings. The third-order valence-electron chi connectivity index (χ3n) is 10.5. The number of thioether (sulfide) groups is 10. The highest BCUT2D eigenvalue weighted by molar-refractivity contribution is 8.02. The number of aromatic amines is 1. The Labute approximate surface area is 471 Å². The zero-order chi connectivity index (χ0) is 51.9. The zero-order valence-electron chi connectivity index (χ0n) is 41.8. The molecule has 0 aliphatic carbocycles. The average Bonchev–Trinajstić information content (AvgIpc) is 3.62. The van der Waals surface area contributed by atoms with Crippen LogP contribution in [0.4, 0.5) is 18.9 Å². The van der Waals surface area contributed by atoms with Gasteiger partial charge in [0.1, 0.15) is 10.9 Å². The van der Waals surface area contributed by atoms with Crippen LogP contribution in [-0.2, 0) is 47.7 Å². The van der Waals surface area contributed by atoms with Crippen LogP contribution in [0.5, 0.6) is 0 Å². The summed E-state index contributed by atoms with van der Waals surface area (Å²) in [5, 5.41) is 4.14. The number of anilines is 1. The van der Waals surface area contributed by atoms with Gasteiger partial charge < -0.3 is 25.5 Å². The van der Waals surface area contributed by atoms with Crippen molar-refractivity contribution in [3.8, 4) is 0 Å². The van der Waals surface area contributed by atoms with Crippen molar-refractivity contribution in [1.29, 1.82) is 0 Å². The number of hydrogen-bond acceptors (Lipinski definition) is 16. The first-order chi connectivity index (χ1) is 34.7. The van der Waals surface area contributed by atoms with E-state index in [0.717, 1.165) is 70.4 Å². The van der Waals surface area contributed by atoms with Crippen molar-refractivity contribution in [2.75, 3.05) is 107 Å². The normalized spacial score (nSPS) is 20.0. The average molecular weight is 1210 g/mol. The van der Waals surface area contributed by atoms with Crippen LogP contribution in [0.1, 0.15) is 79.7 Å². The summed E-state index contributed by atoms with van der Waals surface area (Å²) in [6, 6.07) is 10.3. The number of aromatic nitrogens is 1. The van der Waals surface area contributed by atoms with Crippen molar-refractivity contribution in [3.05, 3.63) is 70.4 Å². The molecule has 3 aromatic rings. The maximum atomic E-state index is 12.5. The Morgan fingerprint density at radius 1 is 0.694 bits per heavy atom. The van der Waals surface area contributed by atoms with Gasteiger partial charge in [0.2, 0.25) is 15.9 Å². The number of aryl methyl sites for hydroxylation is 1. The van der Waals surface area contributed by atoms with E-state index in [4.69, 9.17) is 15.2 Å². The summed E-state index contributed by atoms with van der Waals surface area (Å²) in [6.07, 6.45) is 7.52. The molecule has 408 valence electrons. The molecule has 2 aromatic carbocycles. The number of nitrogens with two attached hydrogens (primary N) is 1. The minimum absolute atomic E-state index is 0.0134. The highest BCUT2D eigenvalue weighted by Crippen LogP contribution is 2.37. The summed E-state index contributed by atoms with van der Waals surface area (Å²) < 4.78 is 73.0. The Bertz CT molecular complexity index is 2080. The minimum Gasteiger partial charge on any atom is -0.399 e. The van der Waals surface area contributed by atoms with Crippen molar-refractivity contribution in [2.45, 2.75) is 108 Å². The molecule has 5 aliphatic heterocycles. The number of ether oxygens (including phenoxy) is 2. The van der Waals surface area contributed by atoms with E-state index in [2.05, 4.69) is 52.0 Å². The van der Waals surface area contributed by atoms with Gasteiger partial charge in [-0.05, 0) is 174 Å². The number of hydrogen-bond donors (Lipinski definition) is 4. The minimum atomic E-state index is -4.23. The van der Waals surface area contributed by atoms with E-state index in [9.17, 15) is 26.4 Å². The number of H-pyrrole nitrogens is 1. The van der Waals surface area contributed by atoms with Crippen LogP contribution in [0.3, 0.4) is 0 Å². The second kappa shape index (κ2) is 37.8. The van der Waals surface area contributed by atoms with Gasteiger partial charge in [0.25, 0.3) is 0 Å². The molecular weight excluding hydrogens is 1130 g/mol. The maximum absolute atomic E-state index is 12.5. The molecule has 5 aliphatic rings. The number of benzene rings is 2. The van der Waals surface area contributed by atoms with Crippen LogP contribution in [0.2, 0.25) is 0 Å². The largest absolute Gasteiger partial charge is 0.416 e. The molecule has 0 radical (unpaired) electrons. The van der Waals surface area contributed by atoms with E-state index in [-0.39, 0.29) is 11.3 Å². The molecule has 2 atom stereocenters. The summed E-state index contributed by atoms with van der Waals surface area (Å²) in [5.41, 5.74) is 11.9. The first-order valence-electron chi connectivity index (χ1n) is 24.4. The Kier molecular flexibility index (Phi) is 34.0. The number of alkyl halides is 3. The van der Waals surface area contributed by atoms with Gasteiger partial charge in [0.05, 0.1) is 30.1 Å². The third kappa shape index (κ3) is 29.2. The zero-order valence-corrected chi connectivity index (χ0v) is 50.8. The van der Waals surface area contributed by atoms with Crippen LogP contribution in [0.15, 0.2) is 57.4 Å². The lowest BCUT2D eigenvalue weighted by Crippen LogP contribution is -2.27. The first kappa shape index (κ1) is 64.6. The van der Waals surface area contributed by atoms with Gasteiger partial charge in [0.15, 0.2) is 0 Å². The molecule has 5 N–H and O–H groups in total. The molecular formula is C49H75F3N4O5S11. The monoisotopic (exact) mass is 1210 g/mol. The molecule has 1 amide bonds. The van der Waals surface area contributed by atoms with Crippen LogP contribution in [0.25, 0.3) is 0 Å². The summed E-state index contributed by atoms with van der Waals surface area (Å²) in [5.74, 6) is 17.3. The standard InChI is InChI=1S/C11H11F3S2.C10H19NO2S2.C10H13NS2.C9H19NO3S3.C9H13NS2/c12-11(13,14)9-2-3-10-8(6-9)7-15-4-1-5-16-10;1-9(12)11-4-5-13-10-3-8-14-6-2-7-15-10;11-9-2-3-10-8(6-9)7-12-4-1-5-13-10;1-16(11,12)10-4-5-13-9-3-8-14-6-2-7-15-9;1-7-5-10-9-8(7)6-11-3-2-4-12-9/h2-3,6H,1,4-5,7H2;10H,2-8H2,1H3,(H,11,12);2-3,6H,1,4-5,7,11H2;9-10H,2-8H2,1H3;5,10H,2-4,6H2,1H3. The van der Waals surface area contributed by atoms with E-state index in [0.29, 0.717) is 37.5 Å². The van der Waals surface area contributed by atoms with E-state index in [1.807, 2.05) is 88.4 Å². The number of carbonyl (C=O) groups excluding carboxylic acids is 1. The number of fused-ring (bicyclic) bond motifs is 3. The number of carbonyl (C=O) groups is 1. The van der Waals surface area contributed by atoms with Crippen molar-refractivity contribution >= 4 is 139 Å². The number of sulfonamides is 1. The van der Waals surface area contributed by atoms with Crippen molar-refractivity contribution in [1.82, 2.24) is 15.0 Å². The van der Waals surface area contributed by atoms with Gasteiger partial charge in [0, 0.05) is 64.7 Å². The smallest absolute Gasteiger partial charge is 0.399 e. The van der Waals surface area contributed by atoms with Gasteiger partial charge in [-0.1, -0.05) is 0 Å². The van der Waals surface area contributed by atoms with Crippen LogP contribution in [-0.4, -0.2) is 132 Å². The summed E-state index contributed by atoms with van der Waals surface area (Å²) >= 11 is 19.1. The van der Waals surface area contributed by atoms with Crippen molar-refractivity contribution in [3.63, 3.8) is 0 Å². The lowest BCUT2D eigenvalue weighted by molar-refractivity contribution is -0.137. The second-order valence-electron chi connectivity index (χ2n) is 16.7. The number of rotatable bonds is 9. The van der Waals surface area contributed by atoms with Crippen molar-refractivity contribution < 1.29 is 35.9 Å². The number of nitrogens with one attached hydrogen (secondary N) is 3. The molecule has 0 bridgehead atoms. The molecule has 72 heavy (non-hydrogen) atoms. The van der Waals surface area contributed by atoms with E-state index >= 15 is 0 Å². The maximum Gasteiger partial charge on any atom is 0.416 e. The fourth-order valence-corrected chi connectivity index (χ4v) is 18.7. The quantitative estimate of drug-likeness (QED) is 0.119. The fraction of sp³-hybridized carbons (Fsp3) is 0.653. The van der Waals surface area contributed by atoms with Crippen LogP contribution < -0.4 is 15.8 Å². The Morgan fingerprint density at radius 3 is 1.78 bits per heavy atom. The van der Waals surface area contributed by atoms with Crippen LogP contribution >= 0.6 is 118 Å². The van der Waals surface area contributed by atoms with E-state index < -0.39 is 21.8 Å². The van der Waals surface area contributed by atoms with Gasteiger partial charge in [-0.2, -0.15) is 72.0 Å². The molecule has 23 heteroatoms. The number of nitrogen functional groups attached to an aromatic ring is 1. The van der Waals surface area contributed by atoms with Gasteiger partial charge >= 0.3 is 6.18 Å². The molecule has 9 nitrogen and oxygen atoms in total. The third-order valence-corrected chi connectivity index (χ3v) is 22.8. The molecule has 0 saturated carbocycles. The fourth-order valence-electron chi connectivity index (χ4n) is 6.84. The van der Waals surface area contributed by atoms with Crippen LogP contribution in [0, 0.1) is 6.92 Å². The molecule has 8 rings (SSSR count). The lowest BCUT2D eigenvalue weighted by atomic mass is 10.1. The van der Waals surface area contributed by atoms with Crippen molar-refractivity contribution in [2.24, 2.45) is 0 Å². The SMILES string of the molecule is CC(=O)NCCOC1CCSCCCS1.CS(=O)(=O)NCCOC1CCSCCCS1.Cc1c[nH]c2c1CSCCCS2.FC(F)(F)c1ccc2c(c1)CSCCCS2.Nc1ccc2c(c1)CSCCCS2. The Balaban J connectivity index is 0.000000196. The summed E-state index contributed by atoms with van der Waals surface area (Å²) in [4.78, 5) is 16.4. The topological polar surface area (TPSA) is 136 Å². The number of amides is 1. The number of halogens is 3. The predicted molar refractivity (Wildman–Crippen MR) is 321 cm³/mol. The second-order valence-corrected chi connectivity index (χ2v) is 30.2. The highest BCUT2D eigenvalue weighted by Gasteiger charge is 2.31. The highest BCUT2D eigenvalue weighted by atomic mass is 32.2. The first-order valence-corrected chi connectivity index (χ1v) is 37.1. The summed E-state index contributed by atoms with van der Waals surface area (Å²) in [6.45, 7) is 5.79. The molecule has 2 unspecified atom stereocenters. The van der Waals surface area contributed by atoms with E-state index in [1.54, 1.807) is 29.6 Å². The predicted octanol–water partition coefficient (Wildman–Crippen LogP) is 13.3. The Hall–Kier alpha value is 0.110. The molecule has 0 spiro atoms. The van der Waals surface area contributed by atoms with Gasteiger partial charge in [-0.25, -0.2) is 13.1 Å². The lowest BCUT2D eigenvalue weighted by Gasteiger charge is -2.19. The van der Waals surface area contributed by atoms with E-state index in [1.165, 1.54) is 123 Å². The molecule has 6 heterocycles.